The fraction of sp³-hybridized carbons (Fsp3) is 0.286. The van der Waals surface area contributed by atoms with Gasteiger partial charge in [0.25, 0.3) is 0 Å². The molecule has 1 N–H and O–H groups in total. The van der Waals surface area contributed by atoms with E-state index in [-0.39, 0.29) is 6.04 Å². The second kappa shape index (κ2) is 7.75. The van der Waals surface area contributed by atoms with Gasteiger partial charge in [0.1, 0.15) is 0 Å². The van der Waals surface area contributed by atoms with Gasteiger partial charge in [0.2, 0.25) is 0 Å². The van der Waals surface area contributed by atoms with Crippen LogP contribution in [0.5, 0.6) is 0 Å². The van der Waals surface area contributed by atoms with E-state index in [2.05, 4.69) is 72.2 Å². The molecule has 0 bridgehead atoms. The molecule has 2 rings (SSSR count). The van der Waals surface area contributed by atoms with Gasteiger partial charge in [-0.25, -0.2) is 0 Å². The third kappa shape index (κ3) is 4.08. The Kier molecular flexibility index (Phi) is 6.57. The summed E-state index contributed by atoms with van der Waals surface area (Å²) >= 11 is 18.7. The van der Waals surface area contributed by atoms with Crippen LogP contribution < -0.4 is 5.32 Å². The van der Waals surface area contributed by atoms with Gasteiger partial charge in [0.15, 0.2) is 0 Å². The van der Waals surface area contributed by atoms with E-state index in [1.54, 1.807) is 11.3 Å². The SMILES string of the molecule is CCCNC(c1ccc(Br)cc1Cl)c1cc(Br)sc1Br. The topological polar surface area (TPSA) is 12.0 Å². The molecule has 0 saturated heterocycles. The zero-order valence-electron chi connectivity index (χ0n) is 10.7. The number of thiophene rings is 1. The van der Waals surface area contributed by atoms with Gasteiger partial charge in [0.05, 0.1) is 13.6 Å². The fourth-order valence-electron chi connectivity index (χ4n) is 1.96. The maximum absolute atomic E-state index is 6.42. The Morgan fingerprint density at radius 2 is 1.95 bits per heavy atom. The van der Waals surface area contributed by atoms with Crippen LogP contribution in [0.15, 0.2) is 36.3 Å². The second-order valence-electron chi connectivity index (χ2n) is 4.33. The average molecular weight is 502 g/mol. The summed E-state index contributed by atoms with van der Waals surface area (Å²) in [5.74, 6) is 0. The van der Waals surface area contributed by atoms with Crippen molar-refractivity contribution in [3.05, 3.63) is 52.5 Å². The lowest BCUT2D eigenvalue weighted by Crippen LogP contribution is -2.23. The molecule has 1 heterocycles. The molecule has 0 spiro atoms. The highest BCUT2D eigenvalue weighted by Gasteiger charge is 2.21. The number of hydrogen-bond acceptors (Lipinski definition) is 2. The first-order valence-electron chi connectivity index (χ1n) is 6.16. The second-order valence-corrected chi connectivity index (χ2v) is 9.40. The summed E-state index contributed by atoms with van der Waals surface area (Å²) < 4.78 is 3.22. The first kappa shape index (κ1) is 17.0. The molecule has 2 aromatic rings. The largest absolute Gasteiger partial charge is 0.306 e. The van der Waals surface area contributed by atoms with E-state index >= 15 is 0 Å². The Balaban J connectivity index is 2.44. The number of benzene rings is 1. The van der Waals surface area contributed by atoms with Crippen molar-refractivity contribution >= 4 is 70.7 Å². The van der Waals surface area contributed by atoms with Crippen molar-refractivity contribution in [1.29, 1.82) is 0 Å². The number of nitrogens with one attached hydrogen (secondary N) is 1. The van der Waals surface area contributed by atoms with Gasteiger partial charge in [-0.05, 0) is 74.2 Å². The minimum atomic E-state index is 0.0903. The normalized spacial score (nSPS) is 12.7. The summed E-state index contributed by atoms with van der Waals surface area (Å²) in [5, 5.41) is 4.34. The van der Waals surface area contributed by atoms with Crippen LogP contribution in [0.4, 0.5) is 0 Å². The molecule has 0 aliphatic carbocycles. The summed E-state index contributed by atoms with van der Waals surface area (Å²) in [7, 11) is 0. The maximum atomic E-state index is 6.42. The van der Waals surface area contributed by atoms with Crippen LogP contribution >= 0.6 is 70.7 Å². The fourth-order valence-corrected chi connectivity index (χ4v) is 5.65. The smallest absolute Gasteiger partial charge is 0.0761 e. The van der Waals surface area contributed by atoms with Crippen LogP contribution in [-0.4, -0.2) is 6.54 Å². The molecule has 6 heteroatoms. The zero-order chi connectivity index (χ0) is 14.7. The Morgan fingerprint density at radius 1 is 1.20 bits per heavy atom. The molecule has 1 aromatic carbocycles. The Bertz CT molecular complexity index is 600. The lowest BCUT2D eigenvalue weighted by atomic mass is 10.0. The molecular weight excluding hydrogens is 489 g/mol. The zero-order valence-corrected chi connectivity index (χ0v) is 17.1. The Hall–Kier alpha value is 0.610. The van der Waals surface area contributed by atoms with Crippen molar-refractivity contribution in [3.63, 3.8) is 0 Å². The lowest BCUT2D eigenvalue weighted by molar-refractivity contribution is 0.598. The molecule has 1 atom stereocenters. The summed E-state index contributed by atoms with van der Waals surface area (Å²) in [4.78, 5) is 0. The standard InChI is InChI=1S/C14H13Br3ClNS/c1-2-5-19-13(10-7-12(16)20-14(10)17)9-4-3-8(15)6-11(9)18/h3-4,6-7,13,19H,2,5H2,1H3. The minimum absolute atomic E-state index is 0.0903. The molecule has 0 radical (unpaired) electrons. The van der Waals surface area contributed by atoms with Gasteiger partial charge in [-0.15, -0.1) is 11.3 Å². The van der Waals surface area contributed by atoms with Crippen molar-refractivity contribution in [2.75, 3.05) is 6.54 Å². The van der Waals surface area contributed by atoms with E-state index in [0.29, 0.717) is 0 Å². The summed E-state index contributed by atoms with van der Waals surface area (Å²) in [6.07, 6.45) is 1.08. The molecule has 0 amide bonds. The average Bonchev–Trinajstić information content (AvgIpc) is 2.71. The third-order valence-electron chi connectivity index (χ3n) is 2.87. The molecule has 0 aliphatic rings. The molecule has 108 valence electrons. The maximum Gasteiger partial charge on any atom is 0.0761 e. The van der Waals surface area contributed by atoms with Gasteiger partial charge in [-0.3, -0.25) is 0 Å². The minimum Gasteiger partial charge on any atom is -0.306 e. The van der Waals surface area contributed by atoms with E-state index in [0.717, 1.165) is 35.6 Å². The van der Waals surface area contributed by atoms with Gasteiger partial charge in [0, 0.05) is 9.50 Å². The molecule has 0 saturated carbocycles. The van der Waals surface area contributed by atoms with E-state index < -0.39 is 0 Å². The lowest BCUT2D eigenvalue weighted by Gasteiger charge is -2.20. The molecule has 0 fully saturated rings. The van der Waals surface area contributed by atoms with Crippen molar-refractivity contribution in [1.82, 2.24) is 5.32 Å². The van der Waals surface area contributed by atoms with Crippen molar-refractivity contribution in [2.24, 2.45) is 0 Å². The first-order chi connectivity index (χ1) is 9.52. The Morgan fingerprint density at radius 3 is 2.50 bits per heavy atom. The van der Waals surface area contributed by atoms with Gasteiger partial charge < -0.3 is 5.32 Å². The molecule has 0 aliphatic heterocycles. The Labute approximate surface area is 153 Å². The predicted molar refractivity (Wildman–Crippen MR) is 99.0 cm³/mol. The van der Waals surface area contributed by atoms with Crippen molar-refractivity contribution in [3.8, 4) is 0 Å². The van der Waals surface area contributed by atoms with Crippen LogP contribution in [0.3, 0.4) is 0 Å². The van der Waals surface area contributed by atoms with E-state index in [1.807, 2.05) is 12.1 Å². The van der Waals surface area contributed by atoms with Crippen LogP contribution in [0.25, 0.3) is 0 Å². The molecule has 1 unspecified atom stereocenters. The van der Waals surface area contributed by atoms with Crippen molar-refractivity contribution in [2.45, 2.75) is 19.4 Å². The van der Waals surface area contributed by atoms with Gasteiger partial charge in [-0.2, -0.15) is 0 Å². The van der Waals surface area contributed by atoms with E-state index in [1.165, 1.54) is 5.56 Å². The third-order valence-corrected chi connectivity index (χ3v) is 6.07. The van der Waals surface area contributed by atoms with Crippen LogP contribution in [0.2, 0.25) is 5.02 Å². The highest BCUT2D eigenvalue weighted by atomic mass is 79.9. The quantitative estimate of drug-likeness (QED) is 0.476. The highest BCUT2D eigenvalue weighted by molar-refractivity contribution is 9.12. The molecule has 1 nitrogen and oxygen atoms in total. The van der Waals surface area contributed by atoms with Crippen LogP contribution in [0.1, 0.15) is 30.5 Å². The highest BCUT2D eigenvalue weighted by Crippen LogP contribution is 2.40. The molecule has 20 heavy (non-hydrogen) atoms. The van der Waals surface area contributed by atoms with Crippen LogP contribution in [0, 0.1) is 0 Å². The van der Waals surface area contributed by atoms with Crippen LogP contribution in [-0.2, 0) is 0 Å². The number of rotatable bonds is 5. The van der Waals surface area contributed by atoms with Gasteiger partial charge in [-0.1, -0.05) is 40.5 Å². The summed E-state index contributed by atoms with van der Waals surface area (Å²) in [5.41, 5.74) is 2.30. The van der Waals surface area contributed by atoms with Crippen molar-refractivity contribution < 1.29 is 0 Å². The van der Waals surface area contributed by atoms with E-state index in [4.69, 9.17) is 11.6 Å². The predicted octanol–water partition coefficient (Wildman–Crippen LogP) is 6.78. The summed E-state index contributed by atoms with van der Waals surface area (Å²) in [6, 6.07) is 8.26. The molecular formula is C14H13Br3ClNS. The monoisotopic (exact) mass is 499 g/mol. The molecule has 1 aromatic heterocycles. The number of halogens is 4. The number of hydrogen-bond donors (Lipinski definition) is 1. The summed E-state index contributed by atoms with van der Waals surface area (Å²) in [6.45, 7) is 3.10. The van der Waals surface area contributed by atoms with E-state index in [9.17, 15) is 0 Å². The van der Waals surface area contributed by atoms with Gasteiger partial charge >= 0.3 is 0 Å². The first-order valence-corrected chi connectivity index (χ1v) is 9.73.